The van der Waals surface area contributed by atoms with Crippen LogP contribution in [0.15, 0.2) is 0 Å². The quantitative estimate of drug-likeness (QED) is 0.162. The average molecular weight is 465 g/mol. The molecule has 0 spiro atoms. The largest absolute Gasteiger partial charge is 0.778 e. The van der Waals surface area contributed by atoms with E-state index in [-0.39, 0.29) is 25.1 Å². The van der Waals surface area contributed by atoms with Gasteiger partial charge in [-0.25, -0.2) is 0 Å². The number of carbonyl (C=O) groups excluding carboxylic acids is 1. The maximum absolute atomic E-state index is 12.3. The predicted molar refractivity (Wildman–Crippen MR) is 126 cm³/mol. The van der Waals surface area contributed by atoms with Gasteiger partial charge in [-0.1, -0.05) is 65.2 Å². The van der Waals surface area contributed by atoms with Crippen LogP contribution in [-0.2, 0) is 13.9 Å². The molecule has 0 aromatic rings. The van der Waals surface area contributed by atoms with Crippen LogP contribution in [0.25, 0.3) is 0 Å². The van der Waals surface area contributed by atoms with Crippen LogP contribution in [0.4, 0.5) is 0 Å². The summed E-state index contributed by atoms with van der Waals surface area (Å²) in [7, 11) is 1.91. The molecule has 7 nitrogen and oxygen atoms in total. The molecule has 8 heteroatoms. The summed E-state index contributed by atoms with van der Waals surface area (Å²) in [5, 5.41) is 13.5. The minimum Gasteiger partial charge on any atom is -0.778 e. The predicted octanol–water partition coefficient (Wildman–Crippen LogP) is 3.83. The van der Waals surface area contributed by atoms with Gasteiger partial charge < -0.3 is 28.9 Å². The van der Waals surface area contributed by atoms with E-state index in [1.54, 1.807) is 0 Å². The molecular formula is C23H49N2O5P. The topological polar surface area (TPSA) is 98.7 Å². The van der Waals surface area contributed by atoms with Crippen molar-refractivity contribution in [2.24, 2.45) is 0 Å². The lowest BCUT2D eigenvalue weighted by Gasteiger charge is -2.30. The first-order valence-electron chi connectivity index (χ1n) is 12.2. The number of aliphatic hydroxyl groups excluding tert-OH is 1. The van der Waals surface area contributed by atoms with Crippen molar-refractivity contribution in [3.63, 3.8) is 0 Å². The highest BCUT2D eigenvalue weighted by molar-refractivity contribution is 7.51. The fourth-order valence-electron chi connectivity index (χ4n) is 3.33. The van der Waals surface area contributed by atoms with Crippen molar-refractivity contribution >= 4 is 13.5 Å². The third kappa shape index (κ3) is 18.8. The minimum atomic E-state index is -4.01. The molecule has 1 amide bonds. The molecule has 1 unspecified atom stereocenters. The number of amides is 1. The number of hydrogen-bond donors (Lipinski definition) is 2. The number of nitrogens with zero attached hydrogens (tertiary/aromatic N) is 1. The molecule has 0 rings (SSSR count). The van der Waals surface area contributed by atoms with Gasteiger partial charge in [-0.2, -0.15) is 0 Å². The van der Waals surface area contributed by atoms with Crippen molar-refractivity contribution in [3.8, 4) is 0 Å². The summed E-state index contributed by atoms with van der Waals surface area (Å²) in [4.78, 5) is 24.6. The summed E-state index contributed by atoms with van der Waals surface area (Å²) < 4.78 is 18.1. The van der Waals surface area contributed by atoms with Gasteiger partial charge in [0.15, 0.2) is 0 Å². The molecule has 0 fully saturated rings. The minimum absolute atomic E-state index is 0.118. The Labute approximate surface area is 191 Å². The second kappa shape index (κ2) is 17.1. The highest BCUT2D eigenvalue weighted by Gasteiger charge is 2.23. The van der Waals surface area contributed by atoms with Gasteiger partial charge in [0.25, 0.3) is 0 Å². The van der Waals surface area contributed by atoms with E-state index in [2.05, 4.69) is 19.2 Å². The maximum Gasteiger partial charge on any atom is 0.220 e. The Bertz CT molecular complexity index is 511. The van der Waals surface area contributed by atoms with Crippen LogP contribution in [0, 0.1) is 0 Å². The summed E-state index contributed by atoms with van der Waals surface area (Å²) in [5.41, 5.74) is 0. The number of aliphatic hydroxyl groups is 1. The molecule has 0 radical (unpaired) electrons. The lowest BCUT2D eigenvalue weighted by molar-refractivity contribution is -0.870. The third-order valence-electron chi connectivity index (χ3n) is 5.44. The van der Waals surface area contributed by atoms with Crippen molar-refractivity contribution in [2.45, 2.75) is 103 Å². The van der Waals surface area contributed by atoms with E-state index in [0.29, 0.717) is 23.9 Å². The number of carbonyl (C=O) groups is 1. The first-order chi connectivity index (χ1) is 14.5. The van der Waals surface area contributed by atoms with Crippen LogP contribution in [0.2, 0.25) is 0 Å². The number of likely N-dealkylation sites (N-methyl/N-ethyl adjacent to an activating group) is 1. The summed E-state index contributed by atoms with van der Waals surface area (Å²) in [6.45, 7) is 4.98. The van der Waals surface area contributed by atoms with Crippen molar-refractivity contribution in [2.75, 3.05) is 40.5 Å². The molecule has 0 aliphatic heterocycles. The molecule has 0 bridgehead atoms. The van der Waals surface area contributed by atoms with E-state index in [0.717, 1.165) is 38.5 Å². The van der Waals surface area contributed by atoms with Gasteiger partial charge in [0.1, 0.15) is 20.7 Å². The molecule has 186 valence electrons. The van der Waals surface area contributed by atoms with E-state index in [4.69, 9.17) is 4.52 Å². The Hall–Kier alpha value is -0.460. The lowest BCUT2D eigenvalue weighted by atomic mass is 10.0. The van der Waals surface area contributed by atoms with Crippen LogP contribution < -0.4 is 10.2 Å². The summed E-state index contributed by atoms with van der Waals surface area (Å²) in [6.07, 6.45) is 9.72. The van der Waals surface area contributed by atoms with Gasteiger partial charge in [-0.05, 0) is 19.3 Å². The van der Waals surface area contributed by atoms with Crippen molar-refractivity contribution < 1.29 is 28.4 Å². The number of unbranched alkanes of at least 4 members (excludes halogenated alkanes) is 7. The first kappa shape index (κ1) is 30.5. The van der Waals surface area contributed by atoms with Crippen LogP contribution in [0.3, 0.4) is 0 Å². The molecule has 0 saturated heterocycles. The molecule has 0 aromatic carbocycles. The lowest BCUT2D eigenvalue weighted by Crippen LogP contribution is -2.44. The zero-order valence-electron chi connectivity index (χ0n) is 20.7. The fourth-order valence-corrected chi connectivity index (χ4v) is 4.41. The van der Waals surface area contributed by atoms with E-state index in [9.17, 15) is 19.4 Å². The van der Waals surface area contributed by atoms with Crippen LogP contribution in [0.1, 0.15) is 90.9 Å². The fraction of sp³-hybridized carbons (Fsp3) is 0.957. The Morgan fingerprint density at radius 1 is 1.00 bits per heavy atom. The second-order valence-corrected chi connectivity index (χ2v) is 11.7. The average Bonchev–Trinajstić information content (AvgIpc) is 2.66. The van der Waals surface area contributed by atoms with Gasteiger partial charge >= 0.3 is 0 Å². The Kier molecular flexibility index (Phi) is 16.8. The Morgan fingerprint density at radius 3 is 2.19 bits per heavy atom. The highest BCUT2D eigenvalue weighted by atomic mass is 31.2. The van der Waals surface area contributed by atoms with Crippen molar-refractivity contribution in [3.05, 3.63) is 0 Å². The second-order valence-electron chi connectivity index (χ2n) is 9.73. The molecule has 0 saturated carbocycles. The van der Waals surface area contributed by atoms with Crippen LogP contribution in [-0.4, -0.2) is 68.1 Å². The molecule has 0 heterocycles. The number of nitrogens with one attached hydrogen (secondary N) is 1. The van der Waals surface area contributed by atoms with Crippen molar-refractivity contribution in [1.82, 2.24) is 5.32 Å². The van der Waals surface area contributed by atoms with Gasteiger partial charge in [-0.3, -0.25) is 4.79 Å². The standard InChI is InChI=1S/C23H49N2O5P/c1-6-8-10-11-12-14-15-22(26)21(24-23(27)16-13-9-7-2)17-20-31(28,29)30-19-18-25(3,4)5/h21-22,26H,6-20H2,1-5H3,(H-,24,27,28,29)/t21-,22+/m0/s1. The summed E-state index contributed by atoms with van der Waals surface area (Å²) in [6, 6.07) is -0.561. The molecular weight excluding hydrogens is 415 g/mol. The highest BCUT2D eigenvalue weighted by Crippen LogP contribution is 2.38. The smallest absolute Gasteiger partial charge is 0.220 e. The summed E-state index contributed by atoms with van der Waals surface area (Å²) >= 11 is 0. The van der Waals surface area contributed by atoms with E-state index < -0.39 is 19.7 Å². The zero-order valence-corrected chi connectivity index (χ0v) is 21.6. The molecule has 0 aliphatic rings. The van der Waals surface area contributed by atoms with E-state index in [1.165, 1.54) is 19.3 Å². The Morgan fingerprint density at radius 2 is 1.58 bits per heavy atom. The normalized spacial score (nSPS) is 16.0. The number of hydrogen-bond acceptors (Lipinski definition) is 5. The third-order valence-corrected chi connectivity index (χ3v) is 6.82. The summed E-state index contributed by atoms with van der Waals surface area (Å²) in [5.74, 6) is -0.118. The molecule has 2 N–H and O–H groups in total. The molecule has 31 heavy (non-hydrogen) atoms. The van der Waals surface area contributed by atoms with Crippen molar-refractivity contribution in [1.29, 1.82) is 0 Å². The molecule has 3 atom stereocenters. The van der Waals surface area contributed by atoms with Gasteiger partial charge in [0.05, 0.1) is 33.3 Å². The SMILES string of the molecule is CCCCCCCC[C@@H](O)[C@H](CCP(=O)([O-])OCC[N+](C)(C)C)NC(=O)CCCCC. The van der Waals surface area contributed by atoms with Gasteiger partial charge in [0, 0.05) is 12.6 Å². The zero-order chi connectivity index (χ0) is 23.8. The van der Waals surface area contributed by atoms with E-state index >= 15 is 0 Å². The Balaban J connectivity index is 4.66. The molecule has 0 aliphatic carbocycles. The van der Waals surface area contributed by atoms with E-state index in [1.807, 2.05) is 21.1 Å². The monoisotopic (exact) mass is 464 g/mol. The van der Waals surface area contributed by atoms with Crippen LogP contribution in [0.5, 0.6) is 0 Å². The first-order valence-corrected chi connectivity index (χ1v) is 14.0. The molecule has 0 aromatic heterocycles. The number of quaternary nitrogens is 1. The number of rotatable bonds is 20. The van der Waals surface area contributed by atoms with Gasteiger partial charge in [-0.15, -0.1) is 0 Å². The van der Waals surface area contributed by atoms with Gasteiger partial charge in [0.2, 0.25) is 5.91 Å². The maximum atomic E-state index is 12.3. The van der Waals surface area contributed by atoms with Crippen LogP contribution >= 0.6 is 7.60 Å².